The fourth-order valence-electron chi connectivity index (χ4n) is 1.44. The predicted molar refractivity (Wildman–Crippen MR) is 53.2 cm³/mol. The van der Waals surface area contributed by atoms with Crippen LogP contribution in [0.5, 0.6) is 0 Å². The summed E-state index contributed by atoms with van der Waals surface area (Å²) >= 11 is 0. The molecule has 0 saturated heterocycles. The van der Waals surface area contributed by atoms with Crippen LogP contribution in [0.4, 0.5) is 0 Å². The molecule has 0 aliphatic heterocycles. The van der Waals surface area contributed by atoms with Gasteiger partial charge in [0.15, 0.2) is 0 Å². The van der Waals surface area contributed by atoms with Crippen LogP contribution in [-0.4, -0.2) is 10.2 Å². The van der Waals surface area contributed by atoms with Crippen LogP contribution in [-0.2, 0) is 6.42 Å². The lowest BCUT2D eigenvalue weighted by Crippen LogP contribution is -1.93. The van der Waals surface area contributed by atoms with Gasteiger partial charge >= 0.3 is 0 Å². The van der Waals surface area contributed by atoms with Crippen LogP contribution in [0.1, 0.15) is 12.1 Å². The van der Waals surface area contributed by atoms with E-state index in [9.17, 15) is 0 Å². The van der Waals surface area contributed by atoms with Crippen molar-refractivity contribution >= 4 is 10.8 Å². The van der Waals surface area contributed by atoms with Gasteiger partial charge in [0.05, 0.1) is 11.9 Å². The van der Waals surface area contributed by atoms with Crippen molar-refractivity contribution in [3.63, 3.8) is 0 Å². The van der Waals surface area contributed by atoms with Gasteiger partial charge in [-0.1, -0.05) is 31.2 Å². The van der Waals surface area contributed by atoms with E-state index >= 15 is 0 Å². The number of rotatable bonds is 2. The zero-order valence-corrected chi connectivity index (χ0v) is 7.40. The normalized spacial score (nSPS) is 10.5. The van der Waals surface area contributed by atoms with E-state index in [-0.39, 0.29) is 0 Å². The van der Waals surface area contributed by atoms with Crippen LogP contribution >= 0.6 is 0 Å². The van der Waals surface area contributed by atoms with Gasteiger partial charge < -0.3 is 0 Å². The minimum Gasteiger partial charge on any atom is -0.158 e. The number of benzene rings is 1. The van der Waals surface area contributed by atoms with E-state index in [1.165, 1.54) is 5.39 Å². The van der Waals surface area contributed by atoms with Crippen LogP contribution < -0.4 is 0 Å². The summed E-state index contributed by atoms with van der Waals surface area (Å²) in [4.78, 5) is 0. The summed E-state index contributed by atoms with van der Waals surface area (Å²) < 4.78 is 0. The highest BCUT2D eigenvalue weighted by Gasteiger charge is 2.00. The monoisotopic (exact) mass is 171 g/mol. The molecule has 0 atom stereocenters. The third-order valence-corrected chi connectivity index (χ3v) is 2.06. The maximum atomic E-state index is 4.11. The summed E-state index contributed by atoms with van der Waals surface area (Å²) in [5.74, 6) is 0. The van der Waals surface area contributed by atoms with Gasteiger partial charge in [-0.05, 0) is 12.8 Å². The summed E-state index contributed by atoms with van der Waals surface area (Å²) in [5, 5.41) is 10.4. The minimum absolute atomic E-state index is 0.864. The summed E-state index contributed by atoms with van der Waals surface area (Å²) in [6, 6.07) is 8.17. The fraction of sp³-hybridized carbons (Fsp3) is 0.182. The molecule has 1 aromatic heterocycles. The molecular formula is C11H11N2. The van der Waals surface area contributed by atoms with Gasteiger partial charge in [-0.3, -0.25) is 0 Å². The Balaban J connectivity index is 2.61. The van der Waals surface area contributed by atoms with Crippen LogP contribution in [0, 0.1) is 6.92 Å². The smallest absolute Gasteiger partial charge is 0.0709 e. The molecule has 2 heteroatoms. The summed E-state index contributed by atoms with van der Waals surface area (Å²) in [6.07, 6.45) is 3.55. The van der Waals surface area contributed by atoms with Gasteiger partial charge in [-0.15, -0.1) is 0 Å². The van der Waals surface area contributed by atoms with E-state index in [2.05, 4.69) is 29.3 Å². The highest BCUT2D eigenvalue weighted by Crippen LogP contribution is 2.15. The van der Waals surface area contributed by atoms with E-state index in [1.54, 1.807) is 6.20 Å². The van der Waals surface area contributed by atoms with Crippen molar-refractivity contribution in [2.45, 2.75) is 12.8 Å². The van der Waals surface area contributed by atoms with Gasteiger partial charge in [-0.2, -0.15) is 10.2 Å². The Morgan fingerprint density at radius 3 is 2.92 bits per heavy atom. The average Bonchev–Trinajstić information content (AvgIpc) is 2.19. The van der Waals surface area contributed by atoms with Crippen molar-refractivity contribution < 1.29 is 0 Å². The molecule has 1 aromatic carbocycles. The zero-order chi connectivity index (χ0) is 9.10. The molecule has 0 saturated carbocycles. The summed E-state index contributed by atoms with van der Waals surface area (Å²) in [6.45, 7) is 3.82. The Morgan fingerprint density at radius 1 is 1.23 bits per heavy atom. The van der Waals surface area contributed by atoms with Crippen molar-refractivity contribution in [3.05, 3.63) is 43.1 Å². The van der Waals surface area contributed by atoms with Crippen LogP contribution in [0.25, 0.3) is 10.8 Å². The lowest BCUT2D eigenvalue weighted by Gasteiger charge is -2.01. The first kappa shape index (κ1) is 8.17. The lowest BCUT2D eigenvalue weighted by molar-refractivity contribution is 0.891. The molecule has 0 N–H and O–H groups in total. The van der Waals surface area contributed by atoms with Gasteiger partial charge in [-0.25, -0.2) is 0 Å². The molecule has 0 spiro atoms. The third kappa shape index (κ3) is 1.52. The maximum absolute atomic E-state index is 4.11. The first-order valence-corrected chi connectivity index (χ1v) is 4.40. The van der Waals surface area contributed by atoms with Gasteiger partial charge in [0.25, 0.3) is 0 Å². The van der Waals surface area contributed by atoms with Crippen LogP contribution in [0.2, 0.25) is 0 Å². The Kier molecular flexibility index (Phi) is 2.21. The van der Waals surface area contributed by atoms with Crippen molar-refractivity contribution in [1.29, 1.82) is 0 Å². The Hall–Kier alpha value is -1.44. The molecule has 2 rings (SSSR count). The number of fused-ring (bicyclic) bond motifs is 1. The topological polar surface area (TPSA) is 25.8 Å². The molecule has 0 unspecified atom stereocenters. The van der Waals surface area contributed by atoms with E-state index < -0.39 is 0 Å². The molecule has 2 nitrogen and oxygen atoms in total. The fourth-order valence-corrected chi connectivity index (χ4v) is 1.44. The highest BCUT2D eigenvalue weighted by atomic mass is 15.1. The summed E-state index contributed by atoms with van der Waals surface area (Å²) in [5.41, 5.74) is 1.05. The second-order valence-corrected chi connectivity index (χ2v) is 2.98. The number of nitrogens with zero attached hydrogens (tertiary/aromatic N) is 2. The first-order valence-electron chi connectivity index (χ1n) is 4.40. The maximum Gasteiger partial charge on any atom is 0.0709 e. The second kappa shape index (κ2) is 3.52. The molecule has 0 aliphatic rings. The SMILES string of the molecule is [CH2]CCc1nncc2ccccc12. The van der Waals surface area contributed by atoms with Crippen molar-refractivity contribution in [2.75, 3.05) is 0 Å². The first-order chi connectivity index (χ1) is 6.42. The average molecular weight is 171 g/mol. The Morgan fingerprint density at radius 2 is 2.08 bits per heavy atom. The van der Waals surface area contributed by atoms with E-state index in [1.807, 2.05) is 12.1 Å². The van der Waals surface area contributed by atoms with Crippen molar-refractivity contribution in [2.24, 2.45) is 0 Å². The Bertz CT molecular complexity index is 404. The highest BCUT2D eigenvalue weighted by molar-refractivity contribution is 5.83. The van der Waals surface area contributed by atoms with E-state index in [4.69, 9.17) is 0 Å². The minimum atomic E-state index is 0.864. The van der Waals surface area contributed by atoms with Gasteiger partial charge in [0.2, 0.25) is 0 Å². The van der Waals surface area contributed by atoms with Crippen molar-refractivity contribution in [3.8, 4) is 0 Å². The summed E-state index contributed by atoms with van der Waals surface area (Å²) in [7, 11) is 0. The molecule has 1 radical (unpaired) electrons. The molecule has 0 fully saturated rings. The number of aromatic nitrogens is 2. The third-order valence-electron chi connectivity index (χ3n) is 2.06. The van der Waals surface area contributed by atoms with Crippen LogP contribution in [0.15, 0.2) is 30.5 Å². The van der Waals surface area contributed by atoms with Crippen molar-refractivity contribution in [1.82, 2.24) is 10.2 Å². The van der Waals surface area contributed by atoms with E-state index in [0.29, 0.717) is 0 Å². The molecule has 2 aromatic rings. The molecule has 0 bridgehead atoms. The molecule has 65 valence electrons. The molecule has 0 aliphatic carbocycles. The van der Waals surface area contributed by atoms with Gasteiger partial charge in [0, 0.05) is 10.8 Å². The quantitative estimate of drug-likeness (QED) is 0.693. The molecule has 0 amide bonds. The molecule has 13 heavy (non-hydrogen) atoms. The number of aryl methyl sites for hydroxylation is 1. The number of hydrogen-bond donors (Lipinski definition) is 0. The lowest BCUT2D eigenvalue weighted by atomic mass is 10.1. The van der Waals surface area contributed by atoms with Gasteiger partial charge in [0.1, 0.15) is 0 Å². The predicted octanol–water partition coefficient (Wildman–Crippen LogP) is 2.40. The second-order valence-electron chi connectivity index (χ2n) is 2.98. The van der Waals surface area contributed by atoms with Crippen LogP contribution in [0.3, 0.4) is 0 Å². The molecular weight excluding hydrogens is 160 g/mol. The molecule has 1 heterocycles. The number of hydrogen-bond acceptors (Lipinski definition) is 2. The standard InChI is InChI=1S/C11H11N2/c1-2-5-11-10-7-4-3-6-9(10)8-12-13-11/h3-4,6-8H,1-2,5H2. The Labute approximate surface area is 77.6 Å². The van der Waals surface area contributed by atoms with E-state index in [0.717, 1.165) is 23.9 Å². The largest absolute Gasteiger partial charge is 0.158 e. The zero-order valence-electron chi connectivity index (χ0n) is 7.40.